The smallest absolute Gasteiger partial charge is 0.410 e. The fourth-order valence-corrected chi connectivity index (χ4v) is 6.07. The first-order chi connectivity index (χ1) is 19.4. The van der Waals surface area contributed by atoms with Gasteiger partial charge in [0, 0.05) is 54.0 Å². The molecule has 1 amide bonds. The first kappa shape index (κ1) is 29.5. The summed E-state index contributed by atoms with van der Waals surface area (Å²) in [5, 5.41) is 13.8. The second-order valence-corrected chi connectivity index (χ2v) is 13.0. The second-order valence-electron chi connectivity index (χ2n) is 12.6. The molecule has 0 radical (unpaired) electrons. The summed E-state index contributed by atoms with van der Waals surface area (Å²) in [6, 6.07) is 9.49. The molecule has 5 rings (SSSR count). The SMILES string of the molecule is COc1nc2ccc(C(O)(c3ccc(C)nc3)C3CN(C(=O)OC(C)(C)C)C3)cc2c(Cl)c1CN1CCC(C)CC1. The summed E-state index contributed by atoms with van der Waals surface area (Å²) >= 11 is 7.11. The van der Waals surface area contributed by atoms with E-state index in [2.05, 4.69) is 16.8 Å². The van der Waals surface area contributed by atoms with Crippen LogP contribution >= 0.6 is 11.6 Å². The number of hydrogen-bond donors (Lipinski definition) is 1. The van der Waals surface area contributed by atoms with Gasteiger partial charge in [-0.1, -0.05) is 30.7 Å². The number of amides is 1. The highest BCUT2D eigenvalue weighted by Gasteiger charge is 2.49. The van der Waals surface area contributed by atoms with Gasteiger partial charge in [-0.05, 0) is 83.3 Å². The van der Waals surface area contributed by atoms with E-state index in [9.17, 15) is 9.90 Å². The van der Waals surface area contributed by atoms with Crippen LogP contribution in [0, 0.1) is 18.8 Å². The summed E-state index contributed by atoms with van der Waals surface area (Å²) < 4.78 is 11.2. The minimum atomic E-state index is -1.40. The Hall–Kier alpha value is -2.94. The van der Waals surface area contributed by atoms with Crippen molar-refractivity contribution in [3.8, 4) is 5.88 Å². The molecule has 2 aliphatic heterocycles. The largest absolute Gasteiger partial charge is 0.481 e. The lowest BCUT2D eigenvalue weighted by molar-refractivity contribution is -0.0692. The van der Waals surface area contributed by atoms with E-state index in [0.29, 0.717) is 47.2 Å². The van der Waals surface area contributed by atoms with Crippen LogP contribution in [0.3, 0.4) is 0 Å². The third kappa shape index (κ3) is 6.01. The van der Waals surface area contributed by atoms with Gasteiger partial charge in [0.15, 0.2) is 0 Å². The molecule has 0 spiro atoms. The summed E-state index contributed by atoms with van der Waals surface area (Å²) in [6.45, 7) is 13.1. The predicted molar refractivity (Wildman–Crippen MR) is 160 cm³/mol. The molecule has 9 heteroatoms. The standard InChI is InChI=1S/C32H41ClN4O4/c1-20-11-13-36(14-12-20)19-26-28(33)25-15-22(9-10-27(25)35-29(26)40-6)32(39,23-8-7-21(2)34-16-23)24-17-37(18-24)30(38)41-31(3,4)5/h7-10,15-16,20,24,39H,11-14,17-19H2,1-6H3. The quantitative estimate of drug-likeness (QED) is 0.386. The van der Waals surface area contributed by atoms with E-state index < -0.39 is 11.2 Å². The van der Waals surface area contributed by atoms with Gasteiger partial charge in [-0.15, -0.1) is 0 Å². The number of aliphatic hydroxyl groups is 1. The maximum absolute atomic E-state index is 12.7. The van der Waals surface area contributed by atoms with Crippen LogP contribution in [0.2, 0.25) is 5.02 Å². The van der Waals surface area contributed by atoms with E-state index in [1.54, 1.807) is 18.2 Å². The van der Waals surface area contributed by atoms with Crippen LogP contribution < -0.4 is 4.74 Å². The Kier molecular flexibility index (Phi) is 8.21. The zero-order valence-electron chi connectivity index (χ0n) is 24.9. The fourth-order valence-electron chi connectivity index (χ4n) is 5.78. The minimum Gasteiger partial charge on any atom is -0.481 e. The number of fused-ring (bicyclic) bond motifs is 1. The van der Waals surface area contributed by atoms with Crippen LogP contribution in [0.4, 0.5) is 4.79 Å². The van der Waals surface area contributed by atoms with E-state index in [-0.39, 0.29) is 12.0 Å². The highest BCUT2D eigenvalue weighted by atomic mass is 35.5. The average Bonchev–Trinajstić information content (AvgIpc) is 2.89. The number of aromatic nitrogens is 2. The first-order valence-electron chi connectivity index (χ1n) is 14.4. The van der Waals surface area contributed by atoms with Gasteiger partial charge in [0.05, 0.1) is 17.6 Å². The molecule has 0 bridgehead atoms. The number of likely N-dealkylation sites (tertiary alicyclic amines) is 2. The van der Waals surface area contributed by atoms with E-state index in [0.717, 1.165) is 48.5 Å². The van der Waals surface area contributed by atoms with Gasteiger partial charge < -0.3 is 19.5 Å². The number of nitrogens with zero attached hydrogens (tertiary/aromatic N) is 4. The van der Waals surface area contributed by atoms with Gasteiger partial charge in [0.1, 0.15) is 11.2 Å². The monoisotopic (exact) mass is 580 g/mol. The van der Waals surface area contributed by atoms with E-state index in [1.807, 2.05) is 58.0 Å². The van der Waals surface area contributed by atoms with Crippen LogP contribution in [-0.4, -0.2) is 69.9 Å². The van der Waals surface area contributed by atoms with Crippen molar-refractivity contribution >= 4 is 28.6 Å². The number of rotatable bonds is 6. The van der Waals surface area contributed by atoms with E-state index in [1.165, 1.54) is 0 Å². The number of carbonyl (C=O) groups excluding carboxylic acids is 1. The summed E-state index contributed by atoms with van der Waals surface area (Å²) in [5.74, 6) is 0.989. The molecule has 1 atom stereocenters. The van der Waals surface area contributed by atoms with Crippen LogP contribution in [0.25, 0.3) is 10.9 Å². The van der Waals surface area contributed by atoms with Crippen molar-refractivity contribution < 1.29 is 19.4 Å². The third-order valence-corrected chi connectivity index (χ3v) is 8.78. The topological polar surface area (TPSA) is 88.0 Å². The summed E-state index contributed by atoms with van der Waals surface area (Å²) in [4.78, 5) is 26.0. The van der Waals surface area contributed by atoms with Crippen molar-refractivity contribution in [2.75, 3.05) is 33.3 Å². The molecule has 2 aromatic heterocycles. The Morgan fingerprint density at radius 3 is 2.41 bits per heavy atom. The van der Waals surface area contributed by atoms with Gasteiger partial charge in [-0.25, -0.2) is 9.78 Å². The molecule has 0 aliphatic carbocycles. The molecule has 220 valence electrons. The number of aryl methyl sites for hydroxylation is 1. The highest BCUT2D eigenvalue weighted by molar-refractivity contribution is 6.36. The van der Waals surface area contributed by atoms with Gasteiger partial charge in [0.2, 0.25) is 5.88 Å². The van der Waals surface area contributed by atoms with Crippen LogP contribution in [-0.2, 0) is 16.9 Å². The molecule has 4 heterocycles. The summed E-state index contributed by atoms with van der Waals surface area (Å²) in [6.07, 6.45) is 3.65. The first-order valence-corrected chi connectivity index (χ1v) is 14.8. The van der Waals surface area contributed by atoms with Crippen LogP contribution in [0.5, 0.6) is 5.88 Å². The number of ether oxygens (including phenoxy) is 2. The normalized spacial score (nSPS) is 18.7. The van der Waals surface area contributed by atoms with Gasteiger partial charge in [0.25, 0.3) is 0 Å². The number of methoxy groups -OCH3 is 1. The van der Waals surface area contributed by atoms with Gasteiger partial charge in [-0.2, -0.15) is 0 Å². The lowest BCUT2D eigenvalue weighted by Crippen LogP contribution is -2.59. The molecule has 1 unspecified atom stereocenters. The van der Waals surface area contributed by atoms with Crippen LogP contribution in [0.15, 0.2) is 36.5 Å². The third-order valence-electron chi connectivity index (χ3n) is 8.35. The number of pyridine rings is 2. The Morgan fingerprint density at radius 2 is 1.80 bits per heavy atom. The minimum absolute atomic E-state index is 0.267. The Labute approximate surface area is 247 Å². The Balaban J connectivity index is 1.52. The molecule has 2 saturated heterocycles. The van der Waals surface area contributed by atoms with Crippen molar-refractivity contribution in [1.82, 2.24) is 19.8 Å². The summed E-state index contributed by atoms with van der Waals surface area (Å²) in [7, 11) is 1.62. The average molecular weight is 581 g/mol. The molecule has 8 nitrogen and oxygen atoms in total. The summed E-state index contributed by atoms with van der Waals surface area (Å²) in [5.41, 5.74) is 1.75. The van der Waals surface area contributed by atoms with Crippen molar-refractivity contribution in [3.05, 3.63) is 63.9 Å². The molecule has 1 N–H and O–H groups in total. The van der Waals surface area contributed by atoms with Crippen molar-refractivity contribution in [3.63, 3.8) is 0 Å². The van der Waals surface area contributed by atoms with Gasteiger partial charge in [-0.3, -0.25) is 9.88 Å². The number of hydrogen-bond acceptors (Lipinski definition) is 7. The van der Waals surface area contributed by atoms with Crippen LogP contribution in [0.1, 0.15) is 62.9 Å². The predicted octanol–water partition coefficient (Wildman–Crippen LogP) is 5.93. The molecule has 0 saturated carbocycles. The zero-order valence-corrected chi connectivity index (χ0v) is 25.7. The number of halogens is 1. The molecule has 3 aromatic rings. The molecule has 2 fully saturated rings. The number of benzene rings is 1. The fraction of sp³-hybridized carbons (Fsp3) is 0.531. The Morgan fingerprint density at radius 1 is 1.12 bits per heavy atom. The molecule has 2 aliphatic rings. The van der Waals surface area contributed by atoms with Crippen molar-refractivity contribution in [1.29, 1.82) is 0 Å². The van der Waals surface area contributed by atoms with Crippen molar-refractivity contribution in [2.45, 2.75) is 65.2 Å². The van der Waals surface area contributed by atoms with Gasteiger partial charge >= 0.3 is 6.09 Å². The molecule has 1 aromatic carbocycles. The molecular weight excluding hydrogens is 540 g/mol. The number of carbonyl (C=O) groups is 1. The lowest BCUT2D eigenvalue weighted by Gasteiger charge is -2.48. The Bertz CT molecular complexity index is 1410. The lowest BCUT2D eigenvalue weighted by atomic mass is 9.72. The zero-order chi connectivity index (χ0) is 29.5. The number of piperidine rings is 1. The maximum Gasteiger partial charge on any atom is 0.410 e. The second kappa shape index (κ2) is 11.4. The molecule has 41 heavy (non-hydrogen) atoms. The van der Waals surface area contributed by atoms with Crippen molar-refractivity contribution in [2.24, 2.45) is 11.8 Å². The van der Waals surface area contributed by atoms with E-state index in [4.69, 9.17) is 26.1 Å². The highest BCUT2D eigenvalue weighted by Crippen LogP contribution is 2.44. The van der Waals surface area contributed by atoms with E-state index >= 15 is 0 Å². The maximum atomic E-state index is 12.7. The molecular formula is C32H41ClN4O4.